The first kappa shape index (κ1) is 15.9. The molecule has 3 rings (SSSR count). The highest BCUT2D eigenvalue weighted by molar-refractivity contribution is 5.60. The molecule has 2 aromatic rings. The van der Waals surface area contributed by atoms with E-state index in [9.17, 15) is 0 Å². The molecule has 1 aliphatic heterocycles. The topological polar surface area (TPSA) is 55.0 Å². The zero-order chi connectivity index (χ0) is 16.2. The van der Waals surface area contributed by atoms with Crippen molar-refractivity contribution in [1.82, 2.24) is 10.2 Å². The molecule has 0 amide bonds. The van der Waals surface area contributed by atoms with Crippen LogP contribution < -0.4 is 10.6 Å². The van der Waals surface area contributed by atoms with E-state index < -0.39 is 0 Å². The summed E-state index contributed by atoms with van der Waals surface area (Å²) in [5.74, 6) is 2.19. The Morgan fingerprint density at radius 1 is 1.04 bits per heavy atom. The highest BCUT2D eigenvalue weighted by Crippen LogP contribution is 2.24. The van der Waals surface area contributed by atoms with E-state index >= 15 is 0 Å². The third-order valence-corrected chi connectivity index (χ3v) is 4.80. The van der Waals surface area contributed by atoms with E-state index in [0.29, 0.717) is 11.8 Å². The summed E-state index contributed by atoms with van der Waals surface area (Å²) in [5.41, 5.74) is 9.15. The van der Waals surface area contributed by atoms with E-state index in [2.05, 4.69) is 65.3 Å². The molecule has 0 bridgehead atoms. The van der Waals surface area contributed by atoms with Crippen LogP contribution in [0.1, 0.15) is 38.2 Å². The smallest absolute Gasteiger partial charge is 0.151 e. The summed E-state index contributed by atoms with van der Waals surface area (Å²) < 4.78 is 0. The van der Waals surface area contributed by atoms with Crippen molar-refractivity contribution in [3.8, 4) is 11.3 Å². The van der Waals surface area contributed by atoms with Crippen molar-refractivity contribution in [2.24, 2.45) is 11.7 Å². The van der Waals surface area contributed by atoms with Gasteiger partial charge in [-0.15, -0.1) is 10.2 Å². The number of nitrogens with zero attached hydrogens (tertiary/aromatic N) is 3. The van der Waals surface area contributed by atoms with Gasteiger partial charge in [0, 0.05) is 18.7 Å². The minimum Gasteiger partial charge on any atom is -0.355 e. The van der Waals surface area contributed by atoms with Crippen LogP contribution >= 0.6 is 0 Å². The van der Waals surface area contributed by atoms with Crippen molar-refractivity contribution < 1.29 is 0 Å². The lowest BCUT2D eigenvalue weighted by molar-refractivity contribution is 0.412. The van der Waals surface area contributed by atoms with Gasteiger partial charge >= 0.3 is 0 Å². The monoisotopic (exact) mass is 310 g/mol. The lowest BCUT2D eigenvalue weighted by Crippen LogP contribution is -2.36. The van der Waals surface area contributed by atoms with Crippen LogP contribution in [0.2, 0.25) is 0 Å². The van der Waals surface area contributed by atoms with Gasteiger partial charge in [-0.05, 0) is 48.9 Å². The standard InChI is InChI=1S/C19H26N4/c1-14(2)16-3-5-17(6-4-16)18-7-8-19(22-21-18)23-11-9-15(13-20)10-12-23/h3-8,14-15H,9-13,20H2,1-2H3. The molecule has 4 heteroatoms. The molecular weight excluding hydrogens is 284 g/mol. The third kappa shape index (κ3) is 3.70. The lowest BCUT2D eigenvalue weighted by Gasteiger charge is -2.31. The summed E-state index contributed by atoms with van der Waals surface area (Å²) in [6.07, 6.45) is 2.30. The van der Waals surface area contributed by atoms with Gasteiger partial charge in [-0.25, -0.2) is 0 Å². The molecule has 2 heterocycles. The van der Waals surface area contributed by atoms with E-state index in [1.54, 1.807) is 0 Å². The second-order valence-corrected chi connectivity index (χ2v) is 6.72. The number of piperidine rings is 1. The summed E-state index contributed by atoms with van der Waals surface area (Å²) in [7, 11) is 0. The number of benzene rings is 1. The fraction of sp³-hybridized carbons (Fsp3) is 0.474. The molecule has 1 fully saturated rings. The van der Waals surface area contributed by atoms with Gasteiger partial charge in [-0.2, -0.15) is 0 Å². The van der Waals surface area contributed by atoms with Crippen molar-refractivity contribution >= 4 is 5.82 Å². The van der Waals surface area contributed by atoms with Crippen LogP contribution in [0.4, 0.5) is 5.82 Å². The minimum absolute atomic E-state index is 0.550. The van der Waals surface area contributed by atoms with E-state index in [4.69, 9.17) is 5.73 Å². The Morgan fingerprint density at radius 2 is 1.74 bits per heavy atom. The summed E-state index contributed by atoms with van der Waals surface area (Å²) >= 11 is 0. The summed E-state index contributed by atoms with van der Waals surface area (Å²) in [6, 6.07) is 12.8. The number of anilines is 1. The number of nitrogens with two attached hydrogens (primary N) is 1. The van der Waals surface area contributed by atoms with Crippen LogP contribution in [0.15, 0.2) is 36.4 Å². The minimum atomic E-state index is 0.550. The van der Waals surface area contributed by atoms with Crippen LogP contribution in [-0.2, 0) is 0 Å². The van der Waals surface area contributed by atoms with Gasteiger partial charge in [0.2, 0.25) is 0 Å². The Balaban J connectivity index is 1.69. The second kappa shape index (κ2) is 7.09. The highest BCUT2D eigenvalue weighted by Gasteiger charge is 2.19. The molecule has 0 radical (unpaired) electrons. The van der Waals surface area contributed by atoms with E-state index in [1.807, 2.05) is 0 Å². The SMILES string of the molecule is CC(C)c1ccc(-c2ccc(N3CCC(CN)CC3)nn2)cc1. The number of rotatable bonds is 4. The van der Waals surface area contributed by atoms with E-state index in [-0.39, 0.29) is 0 Å². The number of hydrogen-bond donors (Lipinski definition) is 1. The molecule has 4 nitrogen and oxygen atoms in total. The zero-order valence-electron chi connectivity index (χ0n) is 14.1. The van der Waals surface area contributed by atoms with Crippen LogP contribution in [0.5, 0.6) is 0 Å². The molecule has 0 saturated carbocycles. The Morgan fingerprint density at radius 3 is 2.26 bits per heavy atom. The summed E-state index contributed by atoms with van der Waals surface area (Å²) in [6.45, 7) is 7.26. The largest absolute Gasteiger partial charge is 0.355 e. The molecule has 1 aromatic carbocycles. The first-order valence-electron chi connectivity index (χ1n) is 8.56. The second-order valence-electron chi connectivity index (χ2n) is 6.72. The van der Waals surface area contributed by atoms with Gasteiger partial charge < -0.3 is 10.6 Å². The summed E-state index contributed by atoms with van der Waals surface area (Å²) in [5, 5.41) is 8.85. The van der Waals surface area contributed by atoms with Gasteiger partial charge in [0.15, 0.2) is 5.82 Å². The molecule has 122 valence electrons. The normalized spacial score (nSPS) is 16.1. The lowest BCUT2D eigenvalue weighted by atomic mass is 9.97. The molecular formula is C19H26N4. The average Bonchev–Trinajstić information content (AvgIpc) is 2.62. The fourth-order valence-corrected chi connectivity index (χ4v) is 3.08. The first-order valence-corrected chi connectivity index (χ1v) is 8.56. The van der Waals surface area contributed by atoms with Crippen molar-refractivity contribution in [1.29, 1.82) is 0 Å². The Bertz CT molecular complexity index is 611. The predicted octanol–water partition coefficient (Wildman–Crippen LogP) is 3.44. The van der Waals surface area contributed by atoms with Crippen LogP contribution in [0.25, 0.3) is 11.3 Å². The Hall–Kier alpha value is -1.94. The zero-order valence-corrected chi connectivity index (χ0v) is 14.1. The molecule has 0 aliphatic carbocycles. The Kier molecular flexibility index (Phi) is 4.91. The van der Waals surface area contributed by atoms with Crippen molar-refractivity contribution in [3.05, 3.63) is 42.0 Å². The molecule has 0 spiro atoms. The maximum Gasteiger partial charge on any atom is 0.151 e. The maximum atomic E-state index is 5.75. The summed E-state index contributed by atoms with van der Waals surface area (Å²) in [4.78, 5) is 2.31. The molecule has 1 aromatic heterocycles. The average molecular weight is 310 g/mol. The molecule has 23 heavy (non-hydrogen) atoms. The van der Waals surface area contributed by atoms with E-state index in [0.717, 1.165) is 49.6 Å². The van der Waals surface area contributed by atoms with Crippen LogP contribution in [0.3, 0.4) is 0 Å². The number of hydrogen-bond acceptors (Lipinski definition) is 4. The van der Waals surface area contributed by atoms with Gasteiger partial charge in [0.25, 0.3) is 0 Å². The molecule has 1 aliphatic rings. The maximum absolute atomic E-state index is 5.75. The van der Waals surface area contributed by atoms with Gasteiger partial charge in [-0.1, -0.05) is 38.1 Å². The van der Waals surface area contributed by atoms with E-state index in [1.165, 1.54) is 5.56 Å². The molecule has 0 atom stereocenters. The third-order valence-electron chi connectivity index (χ3n) is 4.80. The number of aromatic nitrogens is 2. The molecule has 1 saturated heterocycles. The van der Waals surface area contributed by atoms with Crippen LogP contribution in [0, 0.1) is 5.92 Å². The van der Waals surface area contributed by atoms with Gasteiger partial charge in [-0.3, -0.25) is 0 Å². The quantitative estimate of drug-likeness (QED) is 0.940. The van der Waals surface area contributed by atoms with Gasteiger partial charge in [0.05, 0.1) is 5.69 Å². The first-order chi connectivity index (χ1) is 11.2. The predicted molar refractivity (Wildman–Crippen MR) is 95.5 cm³/mol. The van der Waals surface area contributed by atoms with Crippen molar-refractivity contribution in [3.63, 3.8) is 0 Å². The van der Waals surface area contributed by atoms with Crippen molar-refractivity contribution in [2.75, 3.05) is 24.5 Å². The van der Waals surface area contributed by atoms with Crippen LogP contribution in [-0.4, -0.2) is 29.8 Å². The molecule has 2 N–H and O–H groups in total. The Labute approximate surface area is 138 Å². The highest BCUT2D eigenvalue weighted by atomic mass is 15.3. The fourth-order valence-electron chi connectivity index (χ4n) is 3.08. The molecule has 0 unspecified atom stereocenters. The van der Waals surface area contributed by atoms with Gasteiger partial charge in [0.1, 0.15) is 0 Å². The van der Waals surface area contributed by atoms with Crippen molar-refractivity contribution in [2.45, 2.75) is 32.6 Å².